The average Bonchev–Trinajstić information content (AvgIpc) is 3.44. The number of aromatic nitrogens is 3. The molecule has 2 heterocycles. The van der Waals surface area contributed by atoms with Crippen molar-refractivity contribution in [3.63, 3.8) is 0 Å². The lowest BCUT2D eigenvalue weighted by Gasteiger charge is -2.28. The van der Waals surface area contributed by atoms with Gasteiger partial charge >= 0.3 is 6.18 Å². The number of aryl methyl sites for hydroxylation is 2. The van der Waals surface area contributed by atoms with E-state index in [2.05, 4.69) is 23.1 Å². The predicted molar refractivity (Wildman–Crippen MR) is 161 cm³/mol. The maximum absolute atomic E-state index is 12.9. The zero-order chi connectivity index (χ0) is 28.8. The van der Waals surface area contributed by atoms with Crippen molar-refractivity contribution in [2.24, 2.45) is 11.8 Å². The molecule has 41 heavy (non-hydrogen) atoms. The molecule has 4 nitrogen and oxygen atoms in total. The van der Waals surface area contributed by atoms with E-state index in [1.54, 1.807) is 12.1 Å². The number of unbranched alkanes of at least 4 members (excludes halogenated alkanes) is 1. The molecule has 0 saturated heterocycles. The van der Waals surface area contributed by atoms with Gasteiger partial charge in [-0.25, -0.2) is 9.97 Å². The topological polar surface area (TPSA) is 34.0 Å². The molecule has 0 unspecified atom stereocenters. The molecule has 0 amide bonds. The summed E-state index contributed by atoms with van der Waals surface area (Å²) in [5.74, 6) is 3.58. The maximum atomic E-state index is 12.9. The van der Waals surface area contributed by atoms with Crippen LogP contribution in [0, 0.1) is 11.8 Å². The molecule has 1 aliphatic rings. The van der Waals surface area contributed by atoms with E-state index in [1.807, 2.05) is 43.1 Å². The fraction of sp³-hybridized carbons (Fsp3) is 0.471. The lowest BCUT2D eigenvalue weighted by molar-refractivity contribution is -0.137. The van der Waals surface area contributed by atoms with Crippen molar-refractivity contribution in [1.29, 1.82) is 0 Å². The summed E-state index contributed by atoms with van der Waals surface area (Å²) in [5, 5.41) is 1.10. The molecule has 1 aliphatic carbocycles. The van der Waals surface area contributed by atoms with E-state index < -0.39 is 11.7 Å². The Morgan fingerprint density at radius 3 is 2.15 bits per heavy atom. The highest BCUT2D eigenvalue weighted by atomic mass is 19.4. The molecule has 0 radical (unpaired) electrons. The Morgan fingerprint density at radius 2 is 1.46 bits per heavy atom. The van der Waals surface area contributed by atoms with Gasteiger partial charge in [0.05, 0.1) is 11.1 Å². The number of benzene rings is 2. The Hall–Kier alpha value is -3.35. The summed E-state index contributed by atoms with van der Waals surface area (Å²) >= 11 is 0. The van der Waals surface area contributed by atoms with Crippen molar-refractivity contribution < 1.29 is 13.2 Å². The lowest BCUT2D eigenvalue weighted by Crippen LogP contribution is -2.15. The summed E-state index contributed by atoms with van der Waals surface area (Å²) < 4.78 is 40.7. The van der Waals surface area contributed by atoms with E-state index in [-0.39, 0.29) is 0 Å². The van der Waals surface area contributed by atoms with Crippen molar-refractivity contribution in [2.45, 2.75) is 76.8 Å². The minimum atomic E-state index is -4.31. The van der Waals surface area contributed by atoms with Crippen molar-refractivity contribution in [3.8, 4) is 5.69 Å². The smallest absolute Gasteiger partial charge is 0.362 e. The summed E-state index contributed by atoms with van der Waals surface area (Å²) in [7, 11) is 4.08. The summed E-state index contributed by atoms with van der Waals surface area (Å²) in [6.45, 7) is 0. The molecule has 0 bridgehead atoms. The second kappa shape index (κ2) is 13.1. The molecule has 0 aliphatic heterocycles. The number of alkyl halides is 3. The van der Waals surface area contributed by atoms with E-state index >= 15 is 0 Å². The second-order valence-electron chi connectivity index (χ2n) is 11.8. The first-order valence-corrected chi connectivity index (χ1v) is 15.0. The summed E-state index contributed by atoms with van der Waals surface area (Å²) in [6.07, 6.45) is 10.8. The highest BCUT2D eigenvalue weighted by Crippen LogP contribution is 2.35. The van der Waals surface area contributed by atoms with Crippen LogP contribution in [0.2, 0.25) is 0 Å². The van der Waals surface area contributed by atoms with Gasteiger partial charge < -0.3 is 9.47 Å². The highest BCUT2D eigenvalue weighted by molar-refractivity contribution is 5.89. The minimum absolute atomic E-state index is 0.609. The number of hydrogen-bond acceptors (Lipinski definition) is 3. The normalized spacial score (nSPS) is 17.7. The fourth-order valence-corrected chi connectivity index (χ4v) is 6.34. The molecule has 0 N–H and O–H groups in total. The molecule has 2 aromatic carbocycles. The van der Waals surface area contributed by atoms with Gasteiger partial charge in [0.2, 0.25) is 0 Å². The van der Waals surface area contributed by atoms with Crippen LogP contribution in [-0.4, -0.2) is 28.6 Å². The van der Waals surface area contributed by atoms with E-state index in [1.165, 1.54) is 44.9 Å². The third-order valence-electron chi connectivity index (χ3n) is 8.63. The number of fused-ring (bicyclic) bond motifs is 1. The Morgan fingerprint density at radius 1 is 0.780 bits per heavy atom. The van der Waals surface area contributed by atoms with Gasteiger partial charge in [-0.15, -0.1) is 0 Å². The summed E-state index contributed by atoms with van der Waals surface area (Å²) in [4.78, 5) is 11.8. The molecule has 7 heteroatoms. The fourth-order valence-electron chi connectivity index (χ4n) is 6.34. The Bertz CT molecular complexity index is 1400. The van der Waals surface area contributed by atoms with Crippen LogP contribution in [0.3, 0.4) is 0 Å². The molecule has 1 saturated carbocycles. The van der Waals surface area contributed by atoms with E-state index in [0.717, 1.165) is 83.6 Å². The molecule has 4 aromatic rings. The van der Waals surface area contributed by atoms with Gasteiger partial charge in [0.1, 0.15) is 11.6 Å². The lowest BCUT2D eigenvalue weighted by atomic mass is 9.78. The van der Waals surface area contributed by atoms with Crippen LogP contribution in [0.15, 0.2) is 66.9 Å². The third kappa shape index (κ3) is 7.49. The first kappa shape index (κ1) is 29.2. The van der Waals surface area contributed by atoms with Crippen LogP contribution < -0.4 is 4.90 Å². The van der Waals surface area contributed by atoms with Gasteiger partial charge in [0.15, 0.2) is 0 Å². The van der Waals surface area contributed by atoms with Gasteiger partial charge in [-0.2, -0.15) is 13.2 Å². The molecule has 5 rings (SSSR count). The number of rotatable bonds is 11. The van der Waals surface area contributed by atoms with Crippen LogP contribution in [0.5, 0.6) is 0 Å². The quantitative estimate of drug-likeness (QED) is 0.171. The van der Waals surface area contributed by atoms with Crippen LogP contribution in [-0.2, 0) is 19.0 Å². The zero-order valence-corrected chi connectivity index (χ0v) is 24.2. The zero-order valence-electron chi connectivity index (χ0n) is 24.2. The largest absolute Gasteiger partial charge is 0.416 e. The molecule has 2 aromatic heterocycles. The maximum Gasteiger partial charge on any atom is 0.416 e. The Labute approximate surface area is 241 Å². The highest BCUT2D eigenvalue weighted by Gasteiger charge is 2.30. The van der Waals surface area contributed by atoms with Crippen molar-refractivity contribution in [3.05, 3.63) is 83.9 Å². The second-order valence-corrected chi connectivity index (χ2v) is 11.8. The van der Waals surface area contributed by atoms with Crippen molar-refractivity contribution >= 4 is 16.7 Å². The van der Waals surface area contributed by atoms with E-state index in [0.29, 0.717) is 0 Å². The Balaban J connectivity index is 1.02. The van der Waals surface area contributed by atoms with Gasteiger partial charge in [0, 0.05) is 43.5 Å². The van der Waals surface area contributed by atoms with E-state index in [9.17, 15) is 13.2 Å². The van der Waals surface area contributed by atoms with Gasteiger partial charge in [-0.3, -0.25) is 0 Å². The van der Waals surface area contributed by atoms with Crippen LogP contribution in [0.1, 0.15) is 74.9 Å². The summed E-state index contributed by atoms with van der Waals surface area (Å²) in [6, 6.07) is 17.7. The van der Waals surface area contributed by atoms with Gasteiger partial charge in [-0.1, -0.05) is 57.1 Å². The number of hydrogen-bond donors (Lipinski definition) is 0. The first-order valence-electron chi connectivity index (χ1n) is 15.0. The number of halogens is 3. The predicted octanol–water partition coefficient (Wildman–Crippen LogP) is 9.05. The van der Waals surface area contributed by atoms with Crippen LogP contribution >= 0.6 is 0 Å². The molecule has 0 spiro atoms. The Kier molecular flexibility index (Phi) is 9.31. The standard InChI is InChI=1S/C34H41F3N4/c1-40(2)33-30-13-5-6-14-31(30)38-32(39-33)15-7-10-26-18-16-25(17-19-26)9-3-4-11-28-12-8-24-41(28)29-22-20-27(21-23-29)34(35,36)37/h5-6,8,12-14,20-26H,3-4,7,9-11,15-19H2,1-2H3. The monoisotopic (exact) mass is 562 g/mol. The van der Waals surface area contributed by atoms with Crippen molar-refractivity contribution in [2.75, 3.05) is 19.0 Å². The summed E-state index contributed by atoms with van der Waals surface area (Å²) in [5.41, 5.74) is 2.35. The van der Waals surface area contributed by atoms with Gasteiger partial charge in [-0.05, 0) is 79.6 Å². The number of anilines is 1. The van der Waals surface area contributed by atoms with E-state index in [4.69, 9.17) is 9.97 Å². The van der Waals surface area contributed by atoms with Crippen LogP contribution in [0.25, 0.3) is 16.6 Å². The van der Waals surface area contributed by atoms with Gasteiger partial charge in [0.25, 0.3) is 0 Å². The molecule has 218 valence electrons. The average molecular weight is 563 g/mol. The van der Waals surface area contributed by atoms with Crippen LogP contribution in [0.4, 0.5) is 19.0 Å². The molecule has 1 fully saturated rings. The minimum Gasteiger partial charge on any atom is -0.362 e. The molecular formula is C34H41F3N4. The van der Waals surface area contributed by atoms with Crippen molar-refractivity contribution in [1.82, 2.24) is 14.5 Å². The first-order chi connectivity index (χ1) is 19.8. The molecular weight excluding hydrogens is 521 g/mol. The number of para-hydroxylation sites is 1. The number of nitrogens with zero attached hydrogens (tertiary/aromatic N) is 4. The third-order valence-corrected chi connectivity index (χ3v) is 8.63. The molecule has 0 atom stereocenters. The SMILES string of the molecule is CN(C)c1nc(CCCC2CCC(CCCCc3cccn3-c3ccc(C(F)(F)F)cc3)CC2)nc2ccccc12.